The van der Waals surface area contributed by atoms with E-state index in [9.17, 15) is 4.79 Å². The standard InChI is InChI=1S/C17H34NO/c1-6-7-8-9-10-11-12-13-14-15-16(2)17(19)18(3,4)5/h2,6-15H2,1,3-5H3/q+1. The lowest BCUT2D eigenvalue weighted by molar-refractivity contribution is -0.789. The number of amides is 1. The van der Waals surface area contributed by atoms with Crippen molar-refractivity contribution in [3.8, 4) is 0 Å². The number of unbranched alkanes of at least 4 members (excludes halogenated alkanes) is 8. The van der Waals surface area contributed by atoms with Gasteiger partial charge in [0.2, 0.25) is 0 Å². The number of likely N-dealkylation sites (N-methyl/N-ethyl adjacent to an activating group) is 1. The van der Waals surface area contributed by atoms with E-state index >= 15 is 0 Å². The maximum atomic E-state index is 11.9. The number of carbonyl (C=O) groups excluding carboxylic acids is 1. The second kappa shape index (κ2) is 10.2. The van der Waals surface area contributed by atoms with E-state index in [4.69, 9.17) is 0 Å². The number of rotatable bonds is 11. The fourth-order valence-electron chi connectivity index (χ4n) is 2.23. The van der Waals surface area contributed by atoms with Gasteiger partial charge in [0.05, 0.1) is 21.1 Å². The zero-order valence-electron chi connectivity index (χ0n) is 13.6. The van der Waals surface area contributed by atoms with Crippen LogP contribution in [0.25, 0.3) is 0 Å². The van der Waals surface area contributed by atoms with Crippen LogP contribution in [0, 0.1) is 0 Å². The minimum absolute atomic E-state index is 0.166. The maximum Gasteiger partial charge on any atom is 0.340 e. The molecule has 112 valence electrons. The molecule has 0 aromatic rings. The third-order valence-corrected chi connectivity index (χ3v) is 3.49. The molecular weight excluding hydrogens is 234 g/mol. The monoisotopic (exact) mass is 268 g/mol. The van der Waals surface area contributed by atoms with E-state index < -0.39 is 0 Å². The van der Waals surface area contributed by atoms with Gasteiger partial charge in [-0.2, -0.15) is 0 Å². The Hall–Kier alpha value is -0.630. The minimum Gasteiger partial charge on any atom is -0.264 e. The van der Waals surface area contributed by atoms with Gasteiger partial charge in [0.15, 0.2) is 0 Å². The van der Waals surface area contributed by atoms with Crippen molar-refractivity contribution in [1.82, 2.24) is 0 Å². The maximum absolute atomic E-state index is 11.9. The molecule has 0 aliphatic carbocycles. The largest absolute Gasteiger partial charge is 0.340 e. The number of carbonyl (C=O) groups is 1. The first-order chi connectivity index (χ1) is 8.89. The number of hydrogen-bond acceptors (Lipinski definition) is 1. The molecule has 0 aromatic heterocycles. The van der Waals surface area contributed by atoms with Gasteiger partial charge in [-0.1, -0.05) is 64.9 Å². The lowest BCUT2D eigenvalue weighted by Gasteiger charge is -2.21. The van der Waals surface area contributed by atoms with E-state index in [0.29, 0.717) is 4.48 Å². The van der Waals surface area contributed by atoms with Crippen LogP contribution >= 0.6 is 0 Å². The zero-order valence-corrected chi connectivity index (χ0v) is 13.6. The number of quaternary nitrogens is 1. The van der Waals surface area contributed by atoms with Crippen LogP contribution in [0.5, 0.6) is 0 Å². The fourth-order valence-corrected chi connectivity index (χ4v) is 2.23. The van der Waals surface area contributed by atoms with E-state index in [2.05, 4.69) is 13.5 Å². The van der Waals surface area contributed by atoms with Crippen LogP contribution < -0.4 is 0 Å². The molecule has 0 fully saturated rings. The van der Waals surface area contributed by atoms with Gasteiger partial charge < -0.3 is 0 Å². The summed E-state index contributed by atoms with van der Waals surface area (Å²) in [6.45, 7) is 6.18. The molecule has 0 unspecified atom stereocenters. The van der Waals surface area contributed by atoms with Gasteiger partial charge in [-0.05, 0) is 12.8 Å². The first-order valence-corrected chi connectivity index (χ1v) is 7.93. The Labute approximate surface area is 120 Å². The summed E-state index contributed by atoms with van der Waals surface area (Å²) in [5.41, 5.74) is 0.787. The fraction of sp³-hybridized carbons (Fsp3) is 0.824. The molecule has 0 rings (SSSR count). The first-order valence-electron chi connectivity index (χ1n) is 7.93. The van der Waals surface area contributed by atoms with E-state index in [0.717, 1.165) is 18.4 Å². The van der Waals surface area contributed by atoms with Crippen molar-refractivity contribution in [1.29, 1.82) is 0 Å². The van der Waals surface area contributed by atoms with Gasteiger partial charge in [0.1, 0.15) is 0 Å². The summed E-state index contributed by atoms with van der Waals surface area (Å²) in [5, 5.41) is 0. The predicted molar refractivity (Wildman–Crippen MR) is 84.0 cm³/mol. The second-order valence-corrected chi connectivity index (χ2v) is 6.50. The van der Waals surface area contributed by atoms with Crippen LogP contribution in [0.2, 0.25) is 0 Å². The molecule has 0 bridgehead atoms. The molecule has 0 aromatic carbocycles. The highest BCUT2D eigenvalue weighted by molar-refractivity contribution is 5.86. The molecular formula is C17H34NO+. The van der Waals surface area contributed by atoms with Crippen molar-refractivity contribution in [3.63, 3.8) is 0 Å². The molecule has 2 nitrogen and oxygen atoms in total. The Bertz CT molecular complexity index is 263. The van der Waals surface area contributed by atoms with Crippen LogP contribution in [0.3, 0.4) is 0 Å². The highest BCUT2D eigenvalue weighted by Gasteiger charge is 2.22. The summed E-state index contributed by atoms with van der Waals surface area (Å²) < 4.78 is 0.357. The summed E-state index contributed by atoms with van der Waals surface area (Å²) in [6.07, 6.45) is 12.7. The molecule has 1 amide bonds. The van der Waals surface area contributed by atoms with Crippen molar-refractivity contribution in [2.75, 3.05) is 21.1 Å². The number of nitrogens with zero attached hydrogens (tertiary/aromatic N) is 1. The molecule has 0 spiro atoms. The van der Waals surface area contributed by atoms with E-state index in [1.54, 1.807) is 0 Å². The summed E-state index contributed by atoms with van der Waals surface area (Å²) in [7, 11) is 5.72. The topological polar surface area (TPSA) is 17.1 Å². The summed E-state index contributed by atoms with van der Waals surface area (Å²) in [6, 6.07) is 0. The van der Waals surface area contributed by atoms with Gasteiger partial charge in [-0.3, -0.25) is 4.48 Å². The lowest BCUT2D eigenvalue weighted by Crippen LogP contribution is -2.41. The van der Waals surface area contributed by atoms with Crippen molar-refractivity contribution in [2.24, 2.45) is 0 Å². The van der Waals surface area contributed by atoms with E-state index in [-0.39, 0.29) is 5.91 Å². The predicted octanol–water partition coefficient (Wildman–Crippen LogP) is 4.70. The Kier molecular flexibility index (Phi) is 9.85. The van der Waals surface area contributed by atoms with Gasteiger partial charge in [0, 0.05) is 5.57 Å². The Morgan fingerprint density at radius 3 is 1.68 bits per heavy atom. The van der Waals surface area contributed by atoms with Crippen molar-refractivity contribution < 1.29 is 9.28 Å². The van der Waals surface area contributed by atoms with Gasteiger partial charge in [-0.15, -0.1) is 0 Å². The summed E-state index contributed by atoms with van der Waals surface area (Å²) in [5.74, 6) is 0.166. The highest BCUT2D eigenvalue weighted by atomic mass is 16.2. The quantitative estimate of drug-likeness (QED) is 0.302. The normalized spacial score (nSPS) is 11.6. The summed E-state index contributed by atoms with van der Waals surface area (Å²) >= 11 is 0. The van der Waals surface area contributed by atoms with Crippen molar-refractivity contribution >= 4 is 5.91 Å². The van der Waals surface area contributed by atoms with Crippen LogP contribution in [0.4, 0.5) is 0 Å². The van der Waals surface area contributed by atoms with Crippen LogP contribution in [0.1, 0.15) is 71.1 Å². The average molecular weight is 268 g/mol. The second-order valence-electron chi connectivity index (χ2n) is 6.50. The van der Waals surface area contributed by atoms with E-state index in [1.165, 1.54) is 51.4 Å². The zero-order chi connectivity index (χ0) is 14.7. The Balaban J connectivity index is 3.45. The Morgan fingerprint density at radius 2 is 1.26 bits per heavy atom. The van der Waals surface area contributed by atoms with Gasteiger partial charge in [-0.25, -0.2) is 4.79 Å². The average Bonchev–Trinajstić information content (AvgIpc) is 2.34. The van der Waals surface area contributed by atoms with E-state index in [1.807, 2.05) is 21.1 Å². The van der Waals surface area contributed by atoms with Crippen LogP contribution in [-0.2, 0) is 4.79 Å². The number of hydrogen-bond donors (Lipinski definition) is 0. The van der Waals surface area contributed by atoms with Gasteiger partial charge >= 0.3 is 5.91 Å². The van der Waals surface area contributed by atoms with Crippen molar-refractivity contribution in [3.05, 3.63) is 12.2 Å². The van der Waals surface area contributed by atoms with Gasteiger partial charge in [0.25, 0.3) is 0 Å². The smallest absolute Gasteiger partial charge is 0.264 e. The van der Waals surface area contributed by atoms with Crippen LogP contribution in [0.15, 0.2) is 12.2 Å². The molecule has 2 heteroatoms. The molecule has 0 N–H and O–H groups in total. The lowest BCUT2D eigenvalue weighted by atomic mass is 10.0. The van der Waals surface area contributed by atoms with Crippen LogP contribution in [-0.4, -0.2) is 31.5 Å². The molecule has 0 radical (unpaired) electrons. The summed E-state index contributed by atoms with van der Waals surface area (Å²) in [4.78, 5) is 11.9. The molecule has 0 atom stereocenters. The SMILES string of the molecule is C=C(CCCCCCCCCCC)C(=O)[N+](C)(C)C. The molecule has 0 saturated carbocycles. The Morgan fingerprint density at radius 1 is 0.842 bits per heavy atom. The third kappa shape index (κ3) is 9.89. The molecule has 0 aliphatic heterocycles. The van der Waals surface area contributed by atoms with Crippen molar-refractivity contribution in [2.45, 2.75) is 71.1 Å². The molecule has 19 heavy (non-hydrogen) atoms. The first kappa shape index (κ1) is 18.4. The molecule has 0 aliphatic rings. The highest BCUT2D eigenvalue weighted by Crippen LogP contribution is 2.14. The minimum atomic E-state index is 0.166. The third-order valence-electron chi connectivity index (χ3n) is 3.49. The molecule has 0 heterocycles. The molecule has 0 saturated heterocycles.